The molecule has 0 saturated carbocycles. The van der Waals surface area contributed by atoms with E-state index in [1.54, 1.807) is 0 Å². The molecule has 9 rings (SSSR count). The van der Waals surface area contributed by atoms with Crippen LogP contribution >= 0.6 is 24.8 Å². The van der Waals surface area contributed by atoms with Gasteiger partial charge >= 0.3 is 26.2 Å². The Morgan fingerprint density at radius 3 is 1.12 bits per heavy atom. The van der Waals surface area contributed by atoms with Gasteiger partial charge in [-0.3, -0.25) is 0 Å². The molecule has 0 atom stereocenters. The molecule has 0 nitrogen and oxygen atoms in total. The van der Waals surface area contributed by atoms with Gasteiger partial charge in [0, 0.05) is 10.2 Å². The van der Waals surface area contributed by atoms with Crippen molar-refractivity contribution in [1.29, 1.82) is 0 Å². The summed E-state index contributed by atoms with van der Waals surface area (Å²) >= 11 is 0. The topological polar surface area (TPSA) is 0 Å². The van der Waals surface area contributed by atoms with Gasteiger partial charge in [0.1, 0.15) is 0 Å². The molecule has 0 heterocycles. The summed E-state index contributed by atoms with van der Waals surface area (Å²) in [6.45, 7) is 4.32. The summed E-state index contributed by atoms with van der Waals surface area (Å²) in [6, 6.07) is 62.8. The Morgan fingerprint density at radius 1 is 0.392 bits per heavy atom. The van der Waals surface area contributed by atoms with Crippen LogP contribution < -0.4 is 5.19 Å². The van der Waals surface area contributed by atoms with Crippen LogP contribution in [0.5, 0.6) is 0 Å². The fourth-order valence-corrected chi connectivity index (χ4v) is 6.91. The van der Waals surface area contributed by atoms with E-state index in [0.29, 0.717) is 0 Å². The molecule has 0 bridgehead atoms. The molecule has 9 aromatic carbocycles. The van der Waals surface area contributed by atoms with Crippen LogP contribution in [0.1, 0.15) is 11.1 Å². The minimum Gasteiger partial charge on any atom is -0.358 e. The molecule has 0 unspecified atom stereocenters. The summed E-state index contributed by atoms with van der Waals surface area (Å²) in [5.41, 5.74) is 7.94. The second-order valence-corrected chi connectivity index (χ2v) is 13.0. The summed E-state index contributed by atoms with van der Waals surface area (Å²) in [5, 5.41) is 11.9. The second kappa shape index (κ2) is 19.0. The summed E-state index contributed by atoms with van der Waals surface area (Å²) in [6.07, 6.45) is 0. The van der Waals surface area contributed by atoms with E-state index in [4.69, 9.17) is 0 Å². The predicted molar refractivity (Wildman–Crippen MR) is 230 cm³/mol. The molecule has 0 aliphatic heterocycles. The predicted octanol–water partition coefficient (Wildman–Crippen LogP) is 12.6. The van der Waals surface area contributed by atoms with Crippen LogP contribution in [0, 0.1) is 21.3 Å². The molecule has 0 spiro atoms. The van der Waals surface area contributed by atoms with E-state index in [2.05, 4.69) is 172 Å². The minimum absolute atomic E-state index is 0. The molecule has 0 aliphatic carbocycles. The number of hydrogen-bond acceptors (Lipinski definition) is 0. The van der Waals surface area contributed by atoms with E-state index in [1.807, 2.05) is 28.4 Å². The average molecular weight is 797 g/mol. The van der Waals surface area contributed by atoms with Crippen molar-refractivity contribution in [3.05, 3.63) is 194 Å². The molecule has 2 radical (unpaired) electrons. The van der Waals surface area contributed by atoms with Gasteiger partial charge in [-0.15, -0.1) is 93.9 Å². The Morgan fingerprint density at radius 2 is 0.725 bits per heavy atom. The zero-order valence-electron chi connectivity index (χ0n) is 29.3. The molecule has 0 saturated heterocycles. The van der Waals surface area contributed by atoms with E-state index in [-0.39, 0.29) is 58.4 Å². The van der Waals surface area contributed by atoms with Crippen molar-refractivity contribution >= 4 is 83.3 Å². The van der Waals surface area contributed by atoms with Gasteiger partial charge < -0.3 is 7.43 Å². The van der Waals surface area contributed by atoms with Crippen LogP contribution in [0.3, 0.4) is 0 Å². The van der Waals surface area contributed by atoms with Gasteiger partial charge in [0.2, 0.25) is 0 Å². The van der Waals surface area contributed by atoms with E-state index in [0.717, 1.165) is 0 Å². The normalized spacial score (nSPS) is 10.0. The van der Waals surface area contributed by atoms with E-state index < -0.39 is 0 Å². The van der Waals surface area contributed by atoms with Crippen molar-refractivity contribution in [3.8, 4) is 22.3 Å². The standard InChI is InChI=1S/2C20H15.C6H7Si.CH3.2ClH.Zr/c2*1-14-12-16-8-5-11-19(20(16)13-14)18-10-4-7-15-6-2-3-9-17(15)18;7-6-4-2-1-3-5-6;;;;/h2*2-13H,1H3;1-5H,7H2;1H3;2*1H;/q2*-1;;-1;;;+3. The number of hydrogen-bond donors (Lipinski definition) is 0. The zero-order valence-corrected chi connectivity index (χ0v) is 34.8. The second-order valence-electron chi connectivity index (χ2n) is 12.2. The molecule has 9 aromatic rings. The van der Waals surface area contributed by atoms with Crippen LogP contribution in [-0.4, -0.2) is 10.2 Å². The monoisotopic (exact) mass is 794 g/mol. The van der Waals surface area contributed by atoms with Crippen molar-refractivity contribution < 1.29 is 26.2 Å². The first-order valence-electron chi connectivity index (χ1n) is 16.2. The molecule has 0 N–H and O–H groups in total. The zero-order chi connectivity index (χ0) is 32.2. The summed E-state index contributed by atoms with van der Waals surface area (Å²) in [5.74, 6) is 0. The molecule has 4 heteroatoms. The SMILES string of the molecule is Cc1cc2c(-c3cccc4ccccc34)cccc2[cH-]1.Cc1cc2c(-c3cccc4ccccc34)cccc2[cH-]1.Cl.Cl.[CH3-].[SiH2]c1ccccc1.[Zr+3]. The van der Waals surface area contributed by atoms with Crippen LogP contribution in [0.2, 0.25) is 0 Å². The molecule has 0 fully saturated rings. The van der Waals surface area contributed by atoms with Gasteiger partial charge in [-0.2, -0.15) is 12.1 Å². The van der Waals surface area contributed by atoms with Crippen molar-refractivity contribution in [1.82, 2.24) is 0 Å². The molecule has 0 amide bonds. The maximum atomic E-state index is 2.28. The Kier molecular flexibility index (Phi) is 15.4. The summed E-state index contributed by atoms with van der Waals surface area (Å²) in [7, 11) is 1.90. The first-order valence-corrected chi connectivity index (χ1v) is 16.9. The van der Waals surface area contributed by atoms with Crippen molar-refractivity contribution in [2.24, 2.45) is 0 Å². The fraction of sp³-hybridized carbons (Fsp3) is 0.0426. The number of halogens is 2. The number of aryl methyl sites for hydroxylation is 2. The third-order valence-electron chi connectivity index (χ3n) is 8.79. The molecular weight excluding hydrogens is 755 g/mol. The first kappa shape index (κ1) is 41.4. The maximum Gasteiger partial charge on any atom is 3.00 e. The molecule has 0 aromatic heterocycles. The molecular formula is C47H42Cl2SiZr. The fourth-order valence-electron chi connectivity index (χ4n) is 6.64. The Bertz CT molecular complexity index is 2290. The van der Waals surface area contributed by atoms with Gasteiger partial charge in [-0.25, -0.2) is 0 Å². The first-order chi connectivity index (χ1) is 23.0. The van der Waals surface area contributed by atoms with E-state index >= 15 is 0 Å². The van der Waals surface area contributed by atoms with E-state index in [9.17, 15) is 0 Å². The summed E-state index contributed by atoms with van der Waals surface area (Å²) in [4.78, 5) is 0. The van der Waals surface area contributed by atoms with Gasteiger partial charge in [-0.1, -0.05) is 158 Å². The van der Waals surface area contributed by atoms with E-state index in [1.165, 1.54) is 81.7 Å². The van der Waals surface area contributed by atoms with Crippen LogP contribution in [0.25, 0.3) is 65.3 Å². The summed E-state index contributed by atoms with van der Waals surface area (Å²) < 4.78 is 0. The van der Waals surface area contributed by atoms with Crippen molar-refractivity contribution in [2.45, 2.75) is 13.8 Å². The Hall–Kier alpha value is -4.04. The van der Waals surface area contributed by atoms with Crippen LogP contribution in [0.15, 0.2) is 176 Å². The molecule has 51 heavy (non-hydrogen) atoms. The average Bonchev–Trinajstić information content (AvgIpc) is 3.69. The van der Waals surface area contributed by atoms with Gasteiger partial charge in [0.05, 0.1) is 0 Å². The van der Waals surface area contributed by atoms with Crippen LogP contribution in [-0.2, 0) is 26.2 Å². The largest absolute Gasteiger partial charge is 3.00 e. The van der Waals surface area contributed by atoms with Crippen molar-refractivity contribution in [3.63, 3.8) is 0 Å². The van der Waals surface area contributed by atoms with Gasteiger partial charge in [0.15, 0.2) is 0 Å². The number of rotatable bonds is 2. The third-order valence-corrected chi connectivity index (χ3v) is 9.26. The molecule has 252 valence electrons. The van der Waals surface area contributed by atoms with Crippen LogP contribution in [0.4, 0.5) is 0 Å². The minimum atomic E-state index is 0. The number of fused-ring (bicyclic) bond motifs is 4. The van der Waals surface area contributed by atoms with Gasteiger partial charge in [0.25, 0.3) is 0 Å². The quantitative estimate of drug-likeness (QED) is 0.121. The number of benzene rings is 7. The Balaban J connectivity index is 0.000000218. The smallest absolute Gasteiger partial charge is 0.358 e. The molecule has 0 aliphatic rings. The maximum absolute atomic E-state index is 2.28. The third kappa shape index (κ3) is 9.26. The Labute approximate surface area is 337 Å². The van der Waals surface area contributed by atoms with Crippen molar-refractivity contribution in [2.75, 3.05) is 0 Å². The van der Waals surface area contributed by atoms with Gasteiger partial charge in [-0.05, 0) is 32.7 Å².